The number of aromatic nitrogens is 7. The first-order valence-electron chi connectivity index (χ1n) is 31.0. The zero-order valence-electron chi connectivity index (χ0n) is 52.2. The number of carbonyl (C=O) groups is 8. The predicted molar refractivity (Wildman–Crippen MR) is 365 cm³/mol. The van der Waals surface area contributed by atoms with Gasteiger partial charge in [-0.2, -0.15) is 0 Å². The Bertz CT molecular complexity index is 4470. The third kappa shape index (κ3) is 15.3. The summed E-state index contributed by atoms with van der Waals surface area (Å²) in [6.45, 7) is 3.36. The third-order valence-corrected chi connectivity index (χ3v) is 22.5. The number of ether oxygens (including phenoxy) is 1. The fraction of sp³-hybridized carbons (Fsp3) is 0.338. The molecule has 0 spiro atoms. The monoisotopic (exact) mass is 1440 g/mol. The summed E-state index contributed by atoms with van der Waals surface area (Å²) < 4.78 is 5.93. The van der Waals surface area contributed by atoms with E-state index >= 15 is 4.79 Å². The molecule has 2 aromatic carbocycles. The minimum atomic E-state index is -1.43. The van der Waals surface area contributed by atoms with E-state index in [-0.39, 0.29) is 71.0 Å². The second kappa shape index (κ2) is 29.8. The summed E-state index contributed by atoms with van der Waals surface area (Å²) >= 11 is 6.76. The number of aliphatic hydroxyl groups excluding tert-OH is 2. The van der Waals surface area contributed by atoms with E-state index in [0.717, 1.165) is 34.0 Å². The number of benzene rings is 2. The Morgan fingerprint density at radius 3 is 2.07 bits per heavy atom. The summed E-state index contributed by atoms with van der Waals surface area (Å²) in [5, 5.41) is 71.3. The van der Waals surface area contributed by atoms with Gasteiger partial charge in [0.1, 0.15) is 100 Å². The number of carboxylic acid groups (broad SMARTS) is 2. The van der Waals surface area contributed by atoms with Gasteiger partial charge in [0.15, 0.2) is 0 Å². The number of aryl methyl sites for hydroxylation is 1. The number of aliphatic carboxylic acids is 2. The smallest absolute Gasteiger partial charge is 0.415 e. The molecule has 9 heterocycles. The molecule has 508 valence electrons. The molecule has 0 radical (unpaired) electrons. The van der Waals surface area contributed by atoms with Crippen LogP contribution in [0.15, 0.2) is 93.6 Å². The molecular formula is C65H63N13O14S6. The molecule has 33 heteroatoms. The molecule has 12 rings (SSSR count). The van der Waals surface area contributed by atoms with Gasteiger partial charge in [0.05, 0.1) is 36.2 Å². The van der Waals surface area contributed by atoms with Gasteiger partial charge in [-0.15, -0.1) is 68.0 Å². The number of fused-ring (bicyclic) bond motifs is 16. The van der Waals surface area contributed by atoms with Crippen LogP contribution in [0.25, 0.3) is 43.4 Å². The number of amides is 6. The molecule has 98 heavy (non-hydrogen) atoms. The lowest BCUT2D eigenvalue weighted by Gasteiger charge is -2.29. The van der Waals surface area contributed by atoms with Crippen LogP contribution < -0.4 is 26.6 Å². The molecule has 1 aliphatic carbocycles. The third-order valence-electron chi connectivity index (χ3n) is 17.0. The van der Waals surface area contributed by atoms with Crippen molar-refractivity contribution in [1.29, 1.82) is 0 Å². The zero-order chi connectivity index (χ0) is 69.1. The Morgan fingerprint density at radius 2 is 1.34 bits per heavy atom. The van der Waals surface area contributed by atoms with Gasteiger partial charge in [-0.25, -0.2) is 39.7 Å². The number of aliphatic hydroxyl groups is 2. The minimum absolute atomic E-state index is 0.0201. The molecule has 9 aromatic rings. The maximum atomic E-state index is 15.3. The Kier molecular flexibility index (Phi) is 20.8. The number of nitrogens with one attached hydrogen (secondary N) is 3. The Balaban J connectivity index is 0.929. The van der Waals surface area contributed by atoms with Crippen LogP contribution in [0.2, 0.25) is 0 Å². The molecule has 7 atom stereocenters. The van der Waals surface area contributed by atoms with Crippen molar-refractivity contribution in [3.05, 3.63) is 142 Å². The number of rotatable bonds is 15. The number of phenolic OH excluding ortho intramolecular Hbond substituents is 1. The number of hydrogen-bond acceptors (Lipinski definition) is 25. The summed E-state index contributed by atoms with van der Waals surface area (Å²) in [6, 6.07) is 13.5. The molecule has 2 aliphatic heterocycles. The summed E-state index contributed by atoms with van der Waals surface area (Å²) in [5.74, 6) is -6.41. The van der Waals surface area contributed by atoms with Gasteiger partial charge in [0, 0.05) is 69.2 Å². The summed E-state index contributed by atoms with van der Waals surface area (Å²) in [5.41, 5.74) is 8.28. The summed E-state index contributed by atoms with van der Waals surface area (Å²) in [4.78, 5) is 146. The summed E-state index contributed by atoms with van der Waals surface area (Å²) in [6.07, 6.45) is -2.39. The Morgan fingerprint density at radius 1 is 0.684 bits per heavy atom. The average molecular weight is 1440 g/mol. The maximum Gasteiger partial charge on any atom is 0.415 e. The number of hydrogen-bond donors (Lipinski definition) is 9. The van der Waals surface area contributed by atoms with E-state index in [1.54, 1.807) is 84.6 Å². The maximum absolute atomic E-state index is 15.3. The van der Waals surface area contributed by atoms with E-state index in [4.69, 9.17) is 35.4 Å². The second-order valence-corrected chi connectivity index (χ2v) is 29.3. The van der Waals surface area contributed by atoms with Crippen molar-refractivity contribution in [3.63, 3.8) is 0 Å². The minimum Gasteiger partial charge on any atom is -0.508 e. The molecule has 3 aliphatic rings. The van der Waals surface area contributed by atoms with E-state index in [2.05, 4.69) is 25.9 Å². The topological polar surface area (TPSA) is 406 Å². The average Bonchev–Trinajstić information content (AvgIpc) is 1.61. The second-order valence-electron chi connectivity index (χ2n) is 23.7. The highest BCUT2D eigenvalue weighted by atomic mass is 32.1. The van der Waals surface area contributed by atoms with Gasteiger partial charge in [0.2, 0.25) is 11.8 Å². The molecular weight excluding hydrogens is 1380 g/mol. The highest BCUT2D eigenvalue weighted by Crippen LogP contribution is 2.43. The Labute approximate surface area is 582 Å². The SMILES string of the molecule is Cc1sc2nc1C(=O)N[C@@H]([C@H](O)c1ccccc1)c1nc(cs1)C(=O)N[C@@H](Cc1ccc(O)cc1)C(=O)N1C[C@H](O)[C@H](C)[C@H]1c1nc(cs1)-c1nc(cs1)-c1nc(-c3nc(N(CCCCC(=O)O)C(=O)O[C@H]4CC[C@H](C(=O)O)CC4)cs3)ccc1-c1nc(cs1)C(=O)N[C@H]2CC(N)=O. The number of primary amides is 1. The fourth-order valence-electron chi connectivity index (χ4n) is 11.8. The van der Waals surface area contributed by atoms with Crippen LogP contribution in [0, 0.1) is 18.8 Å². The lowest BCUT2D eigenvalue weighted by Crippen LogP contribution is -2.50. The van der Waals surface area contributed by atoms with Gasteiger partial charge in [0.25, 0.3) is 17.7 Å². The molecule has 2 fully saturated rings. The first-order valence-corrected chi connectivity index (χ1v) is 36.2. The van der Waals surface area contributed by atoms with Gasteiger partial charge < -0.3 is 56.9 Å². The van der Waals surface area contributed by atoms with E-state index in [9.17, 15) is 59.1 Å². The highest BCUT2D eigenvalue weighted by molar-refractivity contribution is 7.15. The number of nitrogens with two attached hydrogens (primary N) is 1. The highest BCUT2D eigenvalue weighted by Gasteiger charge is 2.46. The number of nitrogens with zero attached hydrogens (tertiary/aromatic N) is 9. The molecule has 10 bridgehead atoms. The van der Waals surface area contributed by atoms with Crippen LogP contribution in [-0.2, 0) is 30.3 Å². The van der Waals surface area contributed by atoms with Crippen molar-refractivity contribution in [3.8, 4) is 49.1 Å². The van der Waals surface area contributed by atoms with Crippen LogP contribution in [0.5, 0.6) is 5.75 Å². The quantitative estimate of drug-likeness (QED) is 0.0432. The number of carboxylic acids is 2. The number of phenols is 1. The van der Waals surface area contributed by atoms with Crippen molar-refractivity contribution in [2.24, 2.45) is 17.6 Å². The first kappa shape index (κ1) is 68.6. The van der Waals surface area contributed by atoms with Crippen LogP contribution in [-0.4, -0.2) is 144 Å². The van der Waals surface area contributed by atoms with Gasteiger partial charge in [-0.05, 0) is 80.8 Å². The number of unbranched alkanes of at least 4 members (excludes halogenated alkanes) is 1. The first-order chi connectivity index (χ1) is 47.1. The largest absolute Gasteiger partial charge is 0.508 e. The molecule has 10 N–H and O–H groups in total. The summed E-state index contributed by atoms with van der Waals surface area (Å²) in [7, 11) is 0. The van der Waals surface area contributed by atoms with Crippen molar-refractivity contribution in [1.82, 2.24) is 55.7 Å². The normalized spacial score (nSPS) is 20.9. The number of thiazole rings is 6. The van der Waals surface area contributed by atoms with Crippen LogP contribution in [0.1, 0.15) is 145 Å². The molecule has 27 nitrogen and oxygen atoms in total. The van der Waals surface area contributed by atoms with E-state index in [1.165, 1.54) is 66.7 Å². The molecule has 1 saturated heterocycles. The zero-order valence-corrected chi connectivity index (χ0v) is 57.1. The van der Waals surface area contributed by atoms with Gasteiger partial charge >= 0.3 is 18.0 Å². The molecule has 0 unspecified atom stereocenters. The lowest BCUT2D eigenvalue weighted by molar-refractivity contribution is -0.143. The standard InChI is InChI=1S/C65H63N13O14S6/c1-30-45(80)24-78-52(30)62-73-44(28-96-62)59-70-41(25-94-59)50-37(19-20-38(67-50)58-74-47(29-97-58)77(21-7-6-10-48(82)83)65(91)92-36-17-13-34(14-18-36)64(89)90)57-71-42(26-93-57)54(85)68-39(23-46(66)81)60-76-49(31(2)98-60)56(87)75-51(53(84)33-8-4-3-5-9-33)61-72-43(27-95-61)55(86)69-40(63(78)88)22-32-11-15-35(79)16-12-32/h3-5,8-9,11-12,15-16,19-20,25-30,34,36,39-40,45,51-53,79-80,84H,6-7,10,13-14,17-18,21-24H2,1-2H3,(H2,66,81)(H,68,85)(H,69,86)(H,75,87)(H,82,83)(H,89,90)/t30-,34-,36-,39-,40-,45-,51-,52-,53+/m0/s1. The van der Waals surface area contributed by atoms with Crippen LogP contribution >= 0.6 is 68.0 Å². The van der Waals surface area contributed by atoms with Crippen molar-refractivity contribution < 1.29 is 68.6 Å². The van der Waals surface area contributed by atoms with E-state index in [0.29, 0.717) is 96.5 Å². The van der Waals surface area contributed by atoms with Gasteiger partial charge in [-0.3, -0.25) is 38.5 Å². The lowest BCUT2D eigenvalue weighted by atomic mass is 9.87. The molecule has 7 aromatic heterocycles. The van der Waals surface area contributed by atoms with Crippen molar-refractivity contribution in [2.45, 2.75) is 114 Å². The number of aromatic hydroxyl groups is 1. The number of carbonyl (C=O) groups excluding carboxylic acids is 6. The molecule has 6 amide bonds. The Hall–Kier alpha value is -9.35. The van der Waals surface area contributed by atoms with Crippen molar-refractivity contribution in [2.75, 3.05) is 18.0 Å². The number of pyridine rings is 1. The van der Waals surface area contributed by atoms with Crippen LogP contribution in [0.3, 0.4) is 0 Å². The van der Waals surface area contributed by atoms with E-state index < -0.39 is 108 Å². The number of anilines is 1. The van der Waals surface area contributed by atoms with Crippen molar-refractivity contribution >= 4 is 121 Å². The molecule has 1 saturated carbocycles. The fourth-order valence-corrected chi connectivity index (χ4v) is 17.1. The van der Waals surface area contributed by atoms with Gasteiger partial charge in [-0.1, -0.05) is 49.4 Å². The van der Waals surface area contributed by atoms with E-state index in [1.807, 2.05) is 0 Å². The predicted octanol–water partition coefficient (Wildman–Crippen LogP) is 9.13. The van der Waals surface area contributed by atoms with Crippen LogP contribution in [0.4, 0.5) is 10.6 Å².